The minimum absolute atomic E-state index is 0.0775. The lowest BCUT2D eigenvalue weighted by molar-refractivity contribution is -0.211. The van der Waals surface area contributed by atoms with Crippen LogP contribution in [0.3, 0.4) is 0 Å². The molecule has 0 aliphatic heterocycles. The highest BCUT2D eigenvalue weighted by Gasteiger charge is 2.44. The van der Waals surface area contributed by atoms with Crippen molar-refractivity contribution < 1.29 is 27.8 Å². The number of alkyl carbamates (subject to hydrolysis) is 1. The molecule has 0 aliphatic carbocycles. The first-order valence-electron chi connectivity index (χ1n) is 8.04. The van der Waals surface area contributed by atoms with E-state index in [0.29, 0.717) is 11.1 Å². The van der Waals surface area contributed by atoms with Crippen molar-refractivity contribution in [3.8, 4) is 0 Å². The smallest absolute Gasteiger partial charge is 0.416 e. The van der Waals surface area contributed by atoms with Crippen LogP contribution in [0.25, 0.3) is 0 Å². The largest absolute Gasteiger partial charge is 0.445 e. The van der Waals surface area contributed by atoms with Gasteiger partial charge in [-0.2, -0.15) is 13.2 Å². The zero-order chi connectivity index (χ0) is 19.2. The molecule has 2 N–H and O–H groups in total. The maximum atomic E-state index is 13.0. The topological polar surface area (TPSA) is 58.6 Å². The van der Waals surface area contributed by atoms with Crippen LogP contribution in [0, 0.1) is 6.92 Å². The van der Waals surface area contributed by atoms with Crippen LogP contribution in [0.2, 0.25) is 0 Å². The van der Waals surface area contributed by atoms with Crippen molar-refractivity contribution >= 4 is 6.09 Å². The third-order valence-corrected chi connectivity index (χ3v) is 3.93. The molecule has 0 fully saturated rings. The van der Waals surface area contributed by atoms with E-state index in [1.54, 1.807) is 61.5 Å². The minimum Gasteiger partial charge on any atom is -0.445 e. The molecule has 0 saturated carbocycles. The van der Waals surface area contributed by atoms with Gasteiger partial charge in [0.2, 0.25) is 0 Å². The number of amides is 1. The molecular formula is C19H20F3NO3. The summed E-state index contributed by atoms with van der Waals surface area (Å²) < 4.78 is 43.8. The van der Waals surface area contributed by atoms with E-state index in [-0.39, 0.29) is 13.0 Å². The SMILES string of the molecule is Cc1ccccc1CC(NC(=O)OCc1ccccc1)C(O)C(F)(F)F. The fourth-order valence-electron chi connectivity index (χ4n) is 2.46. The zero-order valence-corrected chi connectivity index (χ0v) is 14.2. The van der Waals surface area contributed by atoms with Gasteiger partial charge in [-0.1, -0.05) is 54.6 Å². The first-order chi connectivity index (χ1) is 12.3. The van der Waals surface area contributed by atoms with E-state index >= 15 is 0 Å². The number of nitrogens with one attached hydrogen (secondary N) is 1. The van der Waals surface area contributed by atoms with Crippen LogP contribution in [-0.4, -0.2) is 29.5 Å². The lowest BCUT2D eigenvalue weighted by atomic mass is 9.97. The van der Waals surface area contributed by atoms with Gasteiger partial charge in [-0.05, 0) is 30.0 Å². The molecule has 140 valence electrons. The Morgan fingerprint density at radius 1 is 1.12 bits per heavy atom. The molecule has 0 bridgehead atoms. The van der Waals surface area contributed by atoms with Gasteiger partial charge in [0, 0.05) is 0 Å². The number of rotatable bonds is 6. The lowest BCUT2D eigenvalue weighted by Crippen LogP contribution is -2.51. The van der Waals surface area contributed by atoms with Crippen molar-refractivity contribution in [3.63, 3.8) is 0 Å². The van der Waals surface area contributed by atoms with E-state index in [4.69, 9.17) is 4.74 Å². The monoisotopic (exact) mass is 367 g/mol. The van der Waals surface area contributed by atoms with Gasteiger partial charge in [0.15, 0.2) is 6.10 Å². The predicted molar refractivity (Wildman–Crippen MR) is 90.5 cm³/mol. The summed E-state index contributed by atoms with van der Waals surface area (Å²) in [5.74, 6) is 0. The Kier molecular flexibility index (Phi) is 6.63. The van der Waals surface area contributed by atoms with Crippen LogP contribution in [0.4, 0.5) is 18.0 Å². The van der Waals surface area contributed by atoms with E-state index in [1.807, 2.05) is 0 Å². The van der Waals surface area contributed by atoms with Gasteiger partial charge in [-0.15, -0.1) is 0 Å². The lowest BCUT2D eigenvalue weighted by Gasteiger charge is -2.26. The Bertz CT molecular complexity index is 719. The summed E-state index contributed by atoms with van der Waals surface area (Å²) in [6.07, 6.45) is -8.75. The van der Waals surface area contributed by atoms with Crippen molar-refractivity contribution in [2.75, 3.05) is 0 Å². The summed E-state index contributed by atoms with van der Waals surface area (Å²) in [7, 11) is 0. The Labute approximate surface area is 149 Å². The average Bonchev–Trinajstić information content (AvgIpc) is 2.60. The highest BCUT2D eigenvalue weighted by Crippen LogP contribution is 2.25. The fraction of sp³-hybridized carbons (Fsp3) is 0.316. The molecule has 2 atom stereocenters. The first kappa shape index (κ1) is 19.8. The van der Waals surface area contributed by atoms with Crippen LogP contribution < -0.4 is 5.32 Å². The van der Waals surface area contributed by atoms with Gasteiger partial charge < -0.3 is 15.2 Å². The molecule has 7 heteroatoms. The maximum Gasteiger partial charge on any atom is 0.416 e. The van der Waals surface area contributed by atoms with Crippen molar-refractivity contribution in [2.45, 2.75) is 38.3 Å². The number of aliphatic hydroxyl groups is 1. The molecule has 26 heavy (non-hydrogen) atoms. The number of aliphatic hydroxyl groups excluding tert-OH is 1. The molecule has 0 radical (unpaired) electrons. The molecule has 0 spiro atoms. The number of hydrogen-bond acceptors (Lipinski definition) is 3. The Balaban J connectivity index is 2.05. The van der Waals surface area contributed by atoms with Crippen molar-refractivity contribution in [1.29, 1.82) is 0 Å². The number of alkyl halides is 3. The summed E-state index contributed by atoms with van der Waals surface area (Å²) in [5.41, 5.74) is 2.07. The molecule has 0 aromatic heterocycles. The number of carbonyl (C=O) groups is 1. The summed E-state index contributed by atoms with van der Waals surface area (Å²) in [4.78, 5) is 11.9. The molecule has 2 unspecified atom stereocenters. The Morgan fingerprint density at radius 3 is 2.35 bits per heavy atom. The molecule has 4 nitrogen and oxygen atoms in total. The van der Waals surface area contributed by atoms with Crippen LogP contribution >= 0.6 is 0 Å². The molecule has 2 aromatic carbocycles. The number of carbonyl (C=O) groups excluding carboxylic acids is 1. The van der Waals surface area contributed by atoms with E-state index < -0.39 is 24.4 Å². The number of halogens is 3. The summed E-state index contributed by atoms with van der Waals surface area (Å²) >= 11 is 0. The molecule has 0 aliphatic rings. The summed E-state index contributed by atoms with van der Waals surface area (Å²) in [6.45, 7) is 1.67. The summed E-state index contributed by atoms with van der Waals surface area (Å²) in [6, 6.07) is 14.0. The minimum atomic E-state index is -4.86. The zero-order valence-electron chi connectivity index (χ0n) is 14.2. The fourth-order valence-corrected chi connectivity index (χ4v) is 2.46. The van der Waals surface area contributed by atoms with Crippen molar-refractivity contribution in [1.82, 2.24) is 5.32 Å². The predicted octanol–water partition coefficient (Wildman–Crippen LogP) is 3.76. The number of ether oxygens (including phenoxy) is 1. The number of benzene rings is 2. The van der Waals surface area contributed by atoms with Gasteiger partial charge in [0.1, 0.15) is 6.61 Å². The molecule has 1 amide bonds. The Hall–Kier alpha value is -2.54. The van der Waals surface area contributed by atoms with Crippen LogP contribution in [0.1, 0.15) is 16.7 Å². The van der Waals surface area contributed by atoms with Crippen molar-refractivity contribution in [3.05, 3.63) is 71.3 Å². The van der Waals surface area contributed by atoms with Crippen molar-refractivity contribution in [2.24, 2.45) is 0 Å². The average molecular weight is 367 g/mol. The van der Waals surface area contributed by atoms with Gasteiger partial charge in [0.05, 0.1) is 6.04 Å². The van der Waals surface area contributed by atoms with Crippen LogP contribution in [-0.2, 0) is 17.8 Å². The molecule has 0 heterocycles. The number of hydrogen-bond donors (Lipinski definition) is 2. The second-order valence-corrected chi connectivity index (χ2v) is 5.93. The van der Waals surface area contributed by atoms with Gasteiger partial charge in [0.25, 0.3) is 0 Å². The van der Waals surface area contributed by atoms with Gasteiger partial charge in [-0.3, -0.25) is 0 Å². The third kappa shape index (κ3) is 5.77. The highest BCUT2D eigenvalue weighted by molar-refractivity contribution is 5.67. The second kappa shape index (κ2) is 8.71. The Morgan fingerprint density at radius 2 is 1.73 bits per heavy atom. The van der Waals surface area contributed by atoms with Gasteiger partial charge in [-0.25, -0.2) is 4.79 Å². The number of aryl methyl sites for hydroxylation is 1. The van der Waals surface area contributed by atoms with E-state index in [2.05, 4.69) is 5.32 Å². The first-order valence-corrected chi connectivity index (χ1v) is 8.04. The highest BCUT2D eigenvalue weighted by atomic mass is 19.4. The maximum absolute atomic E-state index is 13.0. The van der Waals surface area contributed by atoms with Crippen LogP contribution in [0.15, 0.2) is 54.6 Å². The van der Waals surface area contributed by atoms with E-state index in [0.717, 1.165) is 5.56 Å². The van der Waals surface area contributed by atoms with Crippen LogP contribution in [0.5, 0.6) is 0 Å². The molecule has 0 saturated heterocycles. The standard InChI is InChI=1S/C19H20F3NO3/c1-13-7-5-6-10-15(13)11-16(17(24)19(20,21)22)23-18(25)26-12-14-8-3-2-4-9-14/h2-10,16-17,24H,11-12H2,1H3,(H,23,25). The molecule has 2 rings (SSSR count). The quantitative estimate of drug-likeness (QED) is 0.817. The third-order valence-electron chi connectivity index (χ3n) is 3.93. The second-order valence-electron chi connectivity index (χ2n) is 5.93. The molecular weight excluding hydrogens is 347 g/mol. The molecule has 2 aromatic rings. The van der Waals surface area contributed by atoms with E-state index in [1.165, 1.54) is 0 Å². The van der Waals surface area contributed by atoms with Gasteiger partial charge >= 0.3 is 12.3 Å². The van der Waals surface area contributed by atoms with E-state index in [9.17, 15) is 23.1 Å². The summed E-state index contributed by atoms with van der Waals surface area (Å²) in [5, 5.41) is 11.8. The normalized spacial score (nSPS) is 13.7.